The maximum Gasteiger partial charge on any atom is 0.257 e. The van der Waals surface area contributed by atoms with E-state index >= 15 is 0 Å². The first-order valence-electron chi connectivity index (χ1n) is 7.46. The number of fused-ring (bicyclic) bond motifs is 1. The van der Waals surface area contributed by atoms with Gasteiger partial charge in [-0.3, -0.25) is 9.48 Å². The second kappa shape index (κ2) is 5.83. The zero-order chi connectivity index (χ0) is 16.6. The lowest BCUT2D eigenvalue weighted by Gasteiger charge is -2.26. The zero-order valence-electron chi connectivity index (χ0n) is 13.6. The first-order chi connectivity index (χ1) is 11.0. The van der Waals surface area contributed by atoms with E-state index in [1.807, 2.05) is 34.0 Å². The molecule has 0 saturated carbocycles. The third-order valence-electron chi connectivity index (χ3n) is 3.75. The summed E-state index contributed by atoms with van der Waals surface area (Å²) in [6, 6.07) is 1.84. The first kappa shape index (κ1) is 15.2. The fourth-order valence-electron chi connectivity index (χ4n) is 2.47. The van der Waals surface area contributed by atoms with E-state index in [-0.39, 0.29) is 11.9 Å². The summed E-state index contributed by atoms with van der Waals surface area (Å²) in [5, 5.41) is 8.79. The molecule has 0 aromatic carbocycles. The molecule has 0 saturated heterocycles. The molecule has 23 heavy (non-hydrogen) atoms. The van der Waals surface area contributed by atoms with Crippen LogP contribution in [-0.4, -0.2) is 36.8 Å². The lowest BCUT2D eigenvalue weighted by Crippen LogP contribution is -2.36. The Labute approximate surface area is 133 Å². The van der Waals surface area contributed by atoms with Crippen LogP contribution in [0.5, 0.6) is 0 Å². The third-order valence-corrected chi connectivity index (χ3v) is 3.75. The summed E-state index contributed by atoms with van der Waals surface area (Å²) in [7, 11) is 1.86. The molecule has 0 N–H and O–H groups in total. The van der Waals surface area contributed by atoms with E-state index in [0.29, 0.717) is 17.8 Å². The van der Waals surface area contributed by atoms with Gasteiger partial charge in [-0.25, -0.2) is 4.98 Å². The highest BCUT2D eigenvalue weighted by Gasteiger charge is 2.21. The van der Waals surface area contributed by atoms with Gasteiger partial charge in [-0.15, -0.1) is 0 Å². The van der Waals surface area contributed by atoms with Gasteiger partial charge in [0.05, 0.1) is 22.8 Å². The van der Waals surface area contributed by atoms with Crippen LogP contribution in [0.3, 0.4) is 0 Å². The highest BCUT2D eigenvalue weighted by Crippen LogP contribution is 2.19. The summed E-state index contributed by atoms with van der Waals surface area (Å²) in [4.78, 5) is 18.9. The predicted octanol–water partition coefficient (Wildman–Crippen LogP) is 2.32. The van der Waals surface area contributed by atoms with E-state index in [1.165, 1.54) is 6.20 Å². The van der Waals surface area contributed by atoms with Crippen LogP contribution in [0.2, 0.25) is 0 Å². The van der Waals surface area contributed by atoms with Gasteiger partial charge in [0.15, 0.2) is 0 Å². The molecule has 0 unspecified atom stereocenters. The van der Waals surface area contributed by atoms with Crippen molar-refractivity contribution in [3.05, 3.63) is 41.5 Å². The number of aryl methyl sites for hydroxylation is 2. The molecule has 1 amide bonds. The summed E-state index contributed by atoms with van der Waals surface area (Å²) in [5.74, 6) is -0.0705. The maximum atomic E-state index is 12.9. The minimum absolute atomic E-state index is 0.0574. The number of amides is 1. The molecule has 3 heterocycles. The number of hydrogen-bond acceptors (Lipinski definition) is 5. The van der Waals surface area contributed by atoms with Gasteiger partial charge in [-0.1, -0.05) is 5.16 Å². The van der Waals surface area contributed by atoms with E-state index in [0.717, 1.165) is 16.6 Å². The van der Waals surface area contributed by atoms with Gasteiger partial charge in [0.2, 0.25) is 0 Å². The van der Waals surface area contributed by atoms with E-state index in [9.17, 15) is 4.79 Å². The van der Waals surface area contributed by atoms with Crippen molar-refractivity contribution >= 4 is 17.0 Å². The minimum atomic E-state index is -0.0705. The van der Waals surface area contributed by atoms with Gasteiger partial charge in [-0.05, 0) is 26.8 Å². The molecule has 0 fully saturated rings. The van der Waals surface area contributed by atoms with Crippen LogP contribution < -0.4 is 0 Å². The molecular weight excluding hydrogens is 294 g/mol. The van der Waals surface area contributed by atoms with E-state index in [1.54, 1.807) is 21.8 Å². The molecule has 0 bridgehead atoms. The predicted molar refractivity (Wildman–Crippen MR) is 84.8 cm³/mol. The summed E-state index contributed by atoms with van der Waals surface area (Å²) >= 11 is 0. The monoisotopic (exact) mass is 313 g/mol. The van der Waals surface area contributed by atoms with Crippen molar-refractivity contribution < 1.29 is 9.32 Å². The summed E-state index contributed by atoms with van der Waals surface area (Å²) in [6.45, 7) is 6.32. The van der Waals surface area contributed by atoms with Gasteiger partial charge in [0, 0.05) is 37.6 Å². The highest BCUT2D eigenvalue weighted by atomic mass is 16.5. The van der Waals surface area contributed by atoms with E-state index < -0.39 is 0 Å². The Morgan fingerprint density at radius 3 is 2.83 bits per heavy atom. The third kappa shape index (κ3) is 2.94. The quantitative estimate of drug-likeness (QED) is 0.738. The number of carbonyl (C=O) groups is 1. The second-order valence-corrected chi connectivity index (χ2v) is 5.89. The van der Waals surface area contributed by atoms with Crippen LogP contribution in [-0.2, 0) is 13.6 Å². The van der Waals surface area contributed by atoms with E-state index in [4.69, 9.17) is 4.52 Å². The van der Waals surface area contributed by atoms with Crippen LogP contribution in [0, 0.1) is 6.92 Å². The second-order valence-electron chi connectivity index (χ2n) is 5.89. The molecular formula is C16H19N5O2. The van der Waals surface area contributed by atoms with Crippen molar-refractivity contribution in [2.75, 3.05) is 0 Å². The number of hydrogen-bond donors (Lipinski definition) is 0. The Balaban J connectivity index is 1.91. The standard InChI is InChI=1S/C16H19N5O2/c1-10(2)21(9-12-6-18-20(4)8-12)16(22)13-5-14-11(3)19-23-15(14)17-7-13/h5-8,10H,9H2,1-4H3. The number of carbonyl (C=O) groups excluding carboxylic acids is 1. The Bertz CT molecular complexity index is 849. The molecule has 3 aromatic heterocycles. The van der Waals surface area contributed by atoms with Crippen LogP contribution >= 0.6 is 0 Å². The SMILES string of the molecule is Cc1noc2ncc(C(=O)N(Cc3cnn(C)c3)C(C)C)cc12. The average molecular weight is 313 g/mol. The molecule has 3 rings (SSSR count). The smallest absolute Gasteiger partial charge is 0.257 e. The van der Waals surface area contributed by atoms with Crippen LogP contribution in [0.15, 0.2) is 29.2 Å². The number of rotatable bonds is 4. The van der Waals surface area contributed by atoms with Crippen molar-refractivity contribution in [3.8, 4) is 0 Å². The minimum Gasteiger partial charge on any atom is -0.336 e. The van der Waals surface area contributed by atoms with Crippen LogP contribution in [0.4, 0.5) is 0 Å². The molecule has 7 nitrogen and oxygen atoms in total. The number of nitrogens with zero attached hydrogens (tertiary/aromatic N) is 5. The first-order valence-corrected chi connectivity index (χ1v) is 7.46. The fourth-order valence-corrected chi connectivity index (χ4v) is 2.47. The molecule has 0 aliphatic carbocycles. The molecule has 0 aliphatic rings. The topological polar surface area (TPSA) is 77.1 Å². The van der Waals surface area contributed by atoms with Gasteiger partial charge in [0.25, 0.3) is 11.6 Å². The normalized spacial score (nSPS) is 11.3. The average Bonchev–Trinajstić information content (AvgIpc) is 3.10. The molecule has 7 heteroatoms. The van der Waals surface area contributed by atoms with Crippen LogP contribution in [0.1, 0.15) is 35.5 Å². The van der Waals surface area contributed by atoms with Crippen LogP contribution in [0.25, 0.3) is 11.1 Å². The van der Waals surface area contributed by atoms with Crippen molar-refractivity contribution in [1.29, 1.82) is 0 Å². The van der Waals surface area contributed by atoms with E-state index in [2.05, 4.69) is 15.2 Å². The Morgan fingerprint density at radius 1 is 1.39 bits per heavy atom. The Kier molecular flexibility index (Phi) is 3.85. The lowest BCUT2D eigenvalue weighted by atomic mass is 10.1. The largest absolute Gasteiger partial charge is 0.336 e. The van der Waals surface area contributed by atoms with Crippen molar-refractivity contribution in [2.45, 2.75) is 33.4 Å². The summed E-state index contributed by atoms with van der Waals surface area (Å²) in [5.41, 5.74) is 2.69. The van der Waals surface area contributed by atoms with Crippen molar-refractivity contribution in [2.24, 2.45) is 7.05 Å². The van der Waals surface area contributed by atoms with Crippen molar-refractivity contribution in [1.82, 2.24) is 24.8 Å². The van der Waals surface area contributed by atoms with Gasteiger partial charge in [-0.2, -0.15) is 5.10 Å². The molecule has 0 aliphatic heterocycles. The molecule has 0 spiro atoms. The Morgan fingerprint density at radius 2 is 2.17 bits per heavy atom. The summed E-state index contributed by atoms with van der Waals surface area (Å²) < 4.78 is 6.82. The Hall–Kier alpha value is -2.70. The molecule has 3 aromatic rings. The number of pyridine rings is 1. The van der Waals surface area contributed by atoms with Gasteiger partial charge in [0.1, 0.15) is 0 Å². The highest BCUT2D eigenvalue weighted by molar-refractivity contribution is 5.97. The van der Waals surface area contributed by atoms with Gasteiger partial charge < -0.3 is 9.42 Å². The zero-order valence-corrected chi connectivity index (χ0v) is 13.6. The molecule has 120 valence electrons. The van der Waals surface area contributed by atoms with Gasteiger partial charge >= 0.3 is 0 Å². The lowest BCUT2D eigenvalue weighted by molar-refractivity contribution is 0.0690. The maximum absolute atomic E-state index is 12.9. The molecule has 0 radical (unpaired) electrons. The molecule has 0 atom stereocenters. The fraction of sp³-hybridized carbons (Fsp3) is 0.375. The number of aromatic nitrogens is 4. The van der Waals surface area contributed by atoms with Crippen molar-refractivity contribution in [3.63, 3.8) is 0 Å². The summed E-state index contributed by atoms with van der Waals surface area (Å²) in [6.07, 6.45) is 5.22.